The summed E-state index contributed by atoms with van der Waals surface area (Å²) in [5.41, 5.74) is 6.88. The highest BCUT2D eigenvalue weighted by atomic mass is 16.7. The van der Waals surface area contributed by atoms with Crippen LogP contribution in [0.5, 0.6) is 17.2 Å². The van der Waals surface area contributed by atoms with Crippen LogP contribution in [-0.4, -0.2) is 37.3 Å². The molecule has 2 heterocycles. The first-order chi connectivity index (χ1) is 20.0. The number of amides is 1. The second-order valence-corrected chi connectivity index (χ2v) is 11.3. The van der Waals surface area contributed by atoms with Crippen LogP contribution in [0, 0.1) is 6.92 Å². The molecule has 3 aromatic carbocycles. The molecule has 5 rings (SSSR count). The number of carbonyl (C=O) groups is 1. The highest BCUT2D eigenvalue weighted by Crippen LogP contribution is 2.44. The first-order valence-corrected chi connectivity index (χ1v) is 15.3. The number of ether oxygens (including phenoxy) is 3. The number of anilines is 1. The second kappa shape index (κ2) is 13.4. The summed E-state index contributed by atoms with van der Waals surface area (Å²) >= 11 is 0. The molecule has 2 aliphatic rings. The van der Waals surface area contributed by atoms with Crippen molar-refractivity contribution in [3.05, 3.63) is 82.4 Å². The number of likely N-dealkylation sites (tertiary alicyclic amines) is 1. The second-order valence-electron chi connectivity index (χ2n) is 11.3. The number of para-hydroxylation sites is 1. The van der Waals surface area contributed by atoms with Crippen molar-refractivity contribution in [1.29, 1.82) is 0 Å². The number of nitrogens with one attached hydrogen (secondary N) is 1. The minimum Gasteiger partial charge on any atom is -0.494 e. The molecule has 218 valence electrons. The Morgan fingerprint density at radius 3 is 2.44 bits per heavy atom. The van der Waals surface area contributed by atoms with Crippen LogP contribution in [-0.2, 0) is 17.6 Å². The Bertz CT molecular complexity index is 1310. The van der Waals surface area contributed by atoms with Crippen molar-refractivity contribution in [3.8, 4) is 17.2 Å². The van der Waals surface area contributed by atoms with Gasteiger partial charge in [0, 0.05) is 18.3 Å². The summed E-state index contributed by atoms with van der Waals surface area (Å²) in [6.45, 7) is 10.7. The first kappa shape index (κ1) is 29.0. The van der Waals surface area contributed by atoms with Gasteiger partial charge in [0.15, 0.2) is 11.5 Å². The van der Waals surface area contributed by atoms with Crippen molar-refractivity contribution in [2.45, 2.75) is 78.2 Å². The number of aryl methyl sites for hydroxylation is 3. The molecule has 41 heavy (non-hydrogen) atoms. The number of hydrogen-bond donors (Lipinski definition) is 1. The van der Waals surface area contributed by atoms with Crippen LogP contribution in [0.1, 0.15) is 86.2 Å². The van der Waals surface area contributed by atoms with Gasteiger partial charge in [-0.1, -0.05) is 70.0 Å². The largest absolute Gasteiger partial charge is 0.494 e. The van der Waals surface area contributed by atoms with Crippen LogP contribution in [0.4, 0.5) is 5.69 Å². The van der Waals surface area contributed by atoms with Gasteiger partial charge in [0.1, 0.15) is 5.75 Å². The van der Waals surface area contributed by atoms with E-state index >= 15 is 0 Å². The molecule has 1 fully saturated rings. The van der Waals surface area contributed by atoms with Crippen molar-refractivity contribution in [3.63, 3.8) is 0 Å². The zero-order valence-electron chi connectivity index (χ0n) is 25.0. The van der Waals surface area contributed by atoms with Gasteiger partial charge in [0.05, 0.1) is 13.2 Å². The molecule has 0 bridgehead atoms. The summed E-state index contributed by atoms with van der Waals surface area (Å²) in [5.74, 6) is 2.87. The molecule has 0 radical (unpaired) electrons. The molecule has 0 spiro atoms. The van der Waals surface area contributed by atoms with Gasteiger partial charge in [-0.15, -0.1) is 0 Å². The molecule has 1 N–H and O–H groups in total. The van der Waals surface area contributed by atoms with Crippen LogP contribution in [0.3, 0.4) is 0 Å². The van der Waals surface area contributed by atoms with Crippen LogP contribution < -0.4 is 19.5 Å². The average Bonchev–Trinajstić information content (AvgIpc) is 3.63. The Hall–Kier alpha value is -3.51. The zero-order valence-corrected chi connectivity index (χ0v) is 25.0. The van der Waals surface area contributed by atoms with Crippen LogP contribution in [0.15, 0.2) is 54.6 Å². The minimum atomic E-state index is 0.0315. The van der Waals surface area contributed by atoms with Crippen molar-refractivity contribution < 1.29 is 19.0 Å². The standard InChI is InChI=1S/C35H44N2O4/c1-5-8-9-17-39-30-15-13-27(14-16-30)31-19-29(28-18-24(4)35-32(20-28)40-23-41-35)21-37(31)22-33(38)36-34-25(6-2)11-10-12-26(34)7-3/h10-16,18,20,29,31H,5-9,17,19,21-23H2,1-4H3,(H,36,38)/t29-,31?/m1/s1. The number of benzene rings is 3. The summed E-state index contributed by atoms with van der Waals surface area (Å²) in [5, 5.41) is 3.28. The molecule has 0 saturated carbocycles. The predicted octanol–water partition coefficient (Wildman–Crippen LogP) is 7.59. The quantitative estimate of drug-likeness (QED) is 0.233. The predicted molar refractivity (Wildman–Crippen MR) is 164 cm³/mol. The number of nitrogens with zero attached hydrogens (tertiary/aromatic N) is 1. The molecule has 1 unspecified atom stereocenters. The summed E-state index contributed by atoms with van der Waals surface area (Å²) in [7, 11) is 0. The number of hydrogen-bond acceptors (Lipinski definition) is 5. The van der Waals surface area contributed by atoms with Gasteiger partial charge in [-0.25, -0.2) is 0 Å². The third-order valence-electron chi connectivity index (χ3n) is 8.45. The van der Waals surface area contributed by atoms with Gasteiger partial charge in [0.2, 0.25) is 12.7 Å². The van der Waals surface area contributed by atoms with Crippen molar-refractivity contribution >= 4 is 11.6 Å². The van der Waals surface area contributed by atoms with Gasteiger partial charge in [-0.3, -0.25) is 9.69 Å². The van der Waals surface area contributed by atoms with Gasteiger partial charge < -0.3 is 19.5 Å². The van der Waals surface area contributed by atoms with E-state index in [9.17, 15) is 4.79 Å². The molecular weight excluding hydrogens is 512 g/mol. The van der Waals surface area contributed by atoms with E-state index in [1.165, 1.54) is 35.1 Å². The number of carbonyl (C=O) groups excluding carboxylic acids is 1. The van der Waals surface area contributed by atoms with E-state index in [1.54, 1.807) is 0 Å². The fourth-order valence-electron chi connectivity index (χ4n) is 6.21. The fourth-order valence-corrected chi connectivity index (χ4v) is 6.21. The fraction of sp³-hybridized carbons (Fsp3) is 0.457. The van der Waals surface area contributed by atoms with Crippen molar-refractivity contribution in [2.75, 3.05) is 31.8 Å². The monoisotopic (exact) mass is 556 g/mol. The molecule has 0 aromatic heterocycles. The molecule has 2 aliphatic heterocycles. The lowest BCUT2D eigenvalue weighted by atomic mass is 9.92. The van der Waals surface area contributed by atoms with E-state index in [0.717, 1.165) is 67.3 Å². The number of unbranched alkanes of at least 4 members (excludes halogenated alkanes) is 2. The summed E-state index contributed by atoms with van der Waals surface area (Å²) in [6, 6.07) is 19.2. The zero-order chi connectivity index (χ0) is 28.8. The van der Waals surface area contributed by atoms with Crippen molar-refractivity contribution in [2.24, 2.45) is 0 Å². The summed E-state index contributed by atoms with van der Waals surface area (Å²) in [4.78, 5) is 15.9. The van der Waals surface area contributed by atoms with Gasteiger partial charge in [-0.05, 0) is 84.5 Å². The minimum absolute atomic E-state index is 0.0315. The SMILES string of the molecule is CCCCCOc1ccc(C2C[C@@H](c3cc(C)c4c(c3)OCO4)CN2CC(=O)Nc2c(CC)cccc2CC)cc1. The Morgan fingerprint density at radius 2 is 1.73 bits per heavy atom. The Balaban J connectivity index is 1.36. The third kappa shape index (κ3) is 6.70. The molecule has 1 amide bonds. The van der Waals surface area contributed by atoms with E-state index in [-0.39, 0.29) is 24.7 Å². The molecule has 6 heteroatoms. The van der Waals surface area contributed by atoms with Crippen molar-refractivity contribution in [1.82, 2.24) is 4.90 Å². The molecule has 2 atom stereocenters. The topological polar surface area (TPSA) is 60.0 Å². The van der Waals surface area contributed by atoms with Crippen LogP contribution in [0.25, 0.3) is 0 Å². The van der Waals surface area contributed by atoms with Gasteiger partial charge >= 0.3 is 0 Å². The highest BCUT2D eigenvalue weighted by Gasteiger charge is 2.36. The van der Waals surface area contributed by atoms with Gasteiger partial charge in [0.25, 0.3) is 0 Å². The molecule has 1 saturated heterocycles. The first-order valence-electron chi connectivity index (χ1n) is 15.3. The van der Waals surface area contributed by atoms with Crippen LogP contribution >= 0.6 is 0 Å². The summed E-state index contributed by atoms with van der Waals surface area (Å²) < 4.78 is 17.4. The van der Waals surface area contributed by atoms with E-state index in [0.29, 0.717) is 6.54 Å². The van der Waals surface area contributed by atoms with E-state index in [4.69, 9.17) is 14.2 Å². The Labute approximate surface area is 245 Å². The average molecular weight is 557 g/mol. The Kier molecular flexibility index (Phi) is 9.50. The molecule has 6 nitrogen and oxygen atoms in total. The smallest absolute Gasteiger partial charge is 0.238 e. The molecule has 3 aromatic rings. The lowest BCUT2D eigenvalue weighted by Gasteiger charge is -2.25. The van der Waals surface area contributed by atoms with E-state index in [2.05, 4.69) is 92.5 Å². The number of fused-ring (bicyclic) bond motifs is 1. The normalized spacial score (nSPS) is 18.0. The Morgan fingerprint density at radius 1 is 0.976 bits per heavy atom. The number of rotatable bonds is 12. The third-order valence-corrected chi connectivity index (χ3v) is 8.45. The van der Waals surface area contributed by atoms with Gasteiger partial charge in [-0.2, -0.15) is 0 Å². The van der Waals surface area contributed by atoms with E-state index in [1.807, 2.05) is 0 Å². The van der Waals surface area contributed by atoms with Crippen LogP contribution in [0.2, 0.25) is 0 Å². The highest BCUT2D eigenvalue weighted by molar-refractivity contribution is 5.94. The lowest BCUT2D eigenvalue weighted by molar-refractivity contribution is -0.117. The summed E-state index contributed by atoms with van der Waals surface area (Å²) in [6.07, 6.45) is 6.13. The molecule has 0 aliphatic carbocycles. The lowest BCUT2D eigenvalue weighted by Crippen LogP contribution is -2.33. The maximum Gasteiger partial charge on any atom is 0.238 e. The maximum atomic E-state index is 13.5. The maximum absolute atomic E-state index is 13.5. The van der Waals surface area contributed by atoms with E-state index < -0.39 is 0 Å². The molecular formula is C35H44N2O4.